The molecule has 0 aliphatic heterocycles. The average Bonchev–Trinajstić information content (AvgIpc) is 2.49. The molecule has 21 heavy (non-hydrogen) atoms. The molecule has 5 nitrogen and oxygen atoms in total. The van der Waals surface area contributed by atoms with E-state index in [0.29, 0.717) is 5.56 Å². The standard InChI is InChI=1S/C15H13FN2O3/c16-10-6-7-12(11(8-10)15(20)21)18-14(19)13(17)9-4-2-1-3-5-9/h1-8,13H,17H2,(H,18,19)(H,20,21)/t13-/m1/s1. The minimum atomic E-state index is -1.34. The van der Waals surface area contributed by atoms with Crippen molar-refractivity contribution in [3.05, 3.63) is 65.5 Å². The number of carboxylic acid groups (broad SMARTS) is 1. The largest absolute Gasteiger partial charge is 0.478 e. The van der Waals surface area contributed by atoms with Gasteiger partial charge < -0.3 is 16.2 Å². The third kappa shape index (κ3) is 3.43. The Kier molecular flexibility index (Phi) is 4.30. The molecule has 1 atom stereocenters. The van der Waals surface area contributed by atoms with Crippen molar-refractivity contribution >= 4 is 17.6 Å². The van der Waals surface area contributed by atoms with Crippen molar-refractivity contribution in [1.82, 2.24) is 0 Å². The van der Waals surface area contributed by atoms with Crippen LogP contribution >= 0.6 is 0 Å². The molecule has 0 radical (unpaired) electrons. The fourth-order valence-electron chi connectivity index (χ4n) is 1.82. The molecule has 0 unspecified atom stereocenters. The average molecular weight is 288 g/mol. The first-order chi connectivity index (χ1) is 9.99. The van der Waals surface area contributed by atoms with E-state index in [4.69, 9.17) is 10.8 Å². The third-order valence-corrected chi connectivity index (χ3v) is 2.91. The van der Waals surface area contributed by atoms with Gasteiger partial charge in [0.15, 0.2) is 0 Å². The topological polar surface area (TPSA) is 92.4 Å². The summed E-state index contributed by atoms with van der Waals surface area (Å²) < 4.78 is 13.1. The number of rotatable bonds is 4. The molecule has 2 rings (SSSR count). The molecule has 108 valence electrons. The number of carbonyl (C=O) groups is 2. The van der Waals surface area contributed by atoms with Gasteiger partial charge in [-0.25, -0.2) is 9.18 Å². The van der Waals surface area contributed by atoms with Crippen molar-refractivity contribution in [1.29, 1.82) is 0 Å². The van der Waals surface area contributed by atoms with Gasteiger partial charge in [-0.3, -0.25) is 4.79 Å². The Bertz CT molecular complexity index is 674. The summed E-state index contributed by atoms with van der Waals surface area (Å²) in [4.78, 5) is 23.1. The highest BCUT2D eigenvalue weighted by Crippen LogP contribution is 2.19. The number of hydrogen-bond donors (Lipinski definition) is 3. The van der Waals surface area contributed by atoms with Crippen molar-refractivity contribution in [3.8, 4) is 0 Å². The predicted octanol–water partition coefficient (Wildman–Crippen LogP) is 2.16. The number of carboxylic acids is 1. The predicted molar refractivity (Wildman–Crippen MR) is 75.4 cm³/mol. The van der Waals surface area contributed by atoms with Crippen molar-refractivity contribution in [2.45, 2.75) is 6.04 Å². The van der Waals surface area contributed by atoms with E-state index in [1.54, 1.807) is 30.3 Å². The van der Waals surface area contributed by atoms with E-state index >= 15 is 0 Å². The SMILES string of the molecule is N[C@@H](C(=O)Nc1ccc(F)cc1C(=O)O)c1ccccc1. The Hall–Kier alpha value is -2.73. The maximum atomic E-state index is 13.1. The van der Waals surface area contributed by atoms with Crippen LogP contribution in [0.15, 0.2) is 48.5 Å². The van der Waals surface area contributed by atoms with Crippen molar-refractivity contribution in [2.75, 3.05) is 5.32 Å². The Morgan fingerprint density at radius 1 is 1.14 bits per heavy atom. The van der Waals surface area contributed by atoms with Crippen molar-refractivity contribution in [3.63, 3.8) is 0 Å². The summed E-state index contributed by atoms with van der Waals surface area (Å²) in [7, 11) is 0. The molecule has 4 N–H and O–H groups in total. The fourth-order valence-corrected chi connectivity index (χ4v) is 1.82. The van der Waals surface area contributed by atoms with Crippen molar-refractivity contribution in [2.24, 2.45) is 5.73 Å². The maximum Gasteiger partial charge on any atom is 0.337 e. The van der Waals surface area contributed by atoms with Crippen LogP contribution in [0.1, 0.15) is 22.0 Å². The van der Waals surface area contributed by atoms with E-state index < -0.39 is 23.7 Å². The molecular weight excluding hydrogens is 275 g/mol. The van der Waals surface area contributed by atoms with E-state index in [9.17, 15) is 14.0 Å². The van der Waals surface area contributed by atoms with Gasteiger partial charge in [-0.1, -0.05) is 30.3 Å². The van der Waals surface area contributed by atoms with Gasteiger partial charge >= 0.3 is 5.97 Å². The van der Waals surface area contributed by atoms with Crippen LogP contribution in [0.3, 0.4) is 0 Å². The zero-order valence-electron chi connectivity index (χ0n) is 10.9. The number of benzene rings is 2. The number of carbonyl (C=O) groups excluding carboxylic acids is 1. The summed E-state index contributed by atoms with van der Waals surface area (Å²) in [6.45, 7) is 0. The summed E-state index contributed by atoms with van der Waals surface area (Å²) in [5.74, 6) is -2.61. The van der Waals surface area contributed by atoms with Crippen LogP contribution in [0.2, 0.25) is 0 Å². The summed E-state index contributed by atoms with van der Waals surface area (Å²) in [6.07, 6.45) is 0. The quantitative estimate of drug-likeness (QED) is 0.803. The maximum absolute atomic E-state index is 13.1. The molecule has 2 aromatic rings. The number of aromatic carboxylic acids is 1. The Morgan fingerprint density at radius 2 is 1.81 bits per heavy atom. The van der Waals surface area contributed by atoms with Gasteiger partial charge in [-0.2, -0.15) is 0 Å². The van der Waals surface area contributed by atoms with Gasteiger partial charge in [0.05, 0.1) is 11.3 Å². The molecule has 1 amide bonds. The lowest BCUT2D eigenvalue weighted by Crippen LogP contribution is -2.28. The van der Waals surface area contributed by atoms with Gasteiger partial charge in [0.25, 0.3) is 0 Å². The van der Waals surface area contributed by atoms with Crippen LogP contribution in [0.4, 0.5) is 10.1 Å². The molecule has 0 aromatic heterocycles. The number of anilines is 1. The van der Waals surface area contributed by atoms with Crippen LogP contribution in [0, 0.1) is 5.82 Å². The number of hydrogen-bond acceptors (Lipinski definition) is 3. The fraction of sp³-hybridized carbons (Fsp3) is 0.0667. The smallest absolute Gasteiger partial charge is 0.337 e. The second-order valence-corrected chi connectivity index (χ2v) is 4.37. The molecule has 0 saturated carbocycles. The van der Waals surface area contributed by atoms with Crippen LogP contribution in [0.25, 0.3) is 0 Å². The summed E-state index contributed by atoms with van der Waals surface area (Å²) >= 11 is 0. The highest BCUT2D eigenvalue weighted by atomic mass is 19.1. The van der Waals surface area contributed by atoms with Gasteiger partial charge in [0.1, 0.15) is 11.9 Å². The van der Waals surface area contributed by atoms with Crippen LogP contribution in [-0.2, 0) is 4.79 Å². The lowest BCUT2D eigenvalue weighted by Gasteiger charge is -2.14. The number of nitrogens with one attached hydrogen (secondary N) is 1. The number of halogens is 1. The third-order valence-electron chi connectivity index (χ3n) is 2.91. The zero-order valence-corrected chi connectivity index (χ0v) is 10.9. The zero-order chi connectivity index (χ0) is 15.4. The minimum Gasteiger partial charge on any atom is -0.478 e. The highest BCUT2D eigenvalue weighted by Gasteiger charge is 2.19. The molecule has 2 aromatic carbocycles. The second kappa shape index (κ2) is 6.15. The van der Waals surface area contributed by atoms with Crippen molar-refractivity contribution < 1.29 is 19.1 Å². The number of nitrogens with two attached hydrogens (primary N) is 1. The highest BCUT2D eigenvalue weighted by molar-refractivity contribution is 6.02. The summed E-state index contributed by atoms with van der Waals surface area (Å²) in [5, 5.41) is 11.4. The minimum absolute atomic E-state index is 0.000260. The molecule has 6 heteroatoms. The molecule has 0 spiro atoms. The van der Waals surface area contributed by atoms with Gasteiger partial charge in [0.2, 0.25) is 5.91 Å². The lowest BCUT2D eigenvalue weighted by atomic mass is 10.1. The Morgan fingerprint density at radius 3 is 2.43 bits per heavy atom. The summed E-state index contributed by atoms with van der Waals surface area (Å²) in [5.41, 5.74) is 6.07. The first-order valence-electron chi connectivity index (χ1n) is 6.13. The Balaban J connectivity index is 2.22. The lowest BCUT2D eigenvalue weighted by molar-refractivity contribution is -0.117. The molecule has 0 saturated heterocycles. The van der Waals surface area contributed by atoms with Crippen LogP contribution in [-0.4, -0.2) is 17.0 Å². The van der Waals surface area contributed by atoms with E-state index in [2.05, 4.69) is 5.32 Å². The normalized spacial score (nSPS) is 11.7. The van der Waals surface area contributed by atoms with E-state index in [1.807, 2.05) is 0 Å². The monoisotopic (exact) mass is 288 g/mol. The first kappa shape index (κ1) is 14.7. The van der Waals surface area contributed by atoms with E-state index in [1.165, 1.54) is 6.07 Å². The molecule has 0 aliphatic rings. The van der Waals surface area contributed by atoms with Gasteiger partial charge in [-0.05, 0) is 23.8 Å². The van der Waals surface area contributed by atoms with E-state index in [0.717, 1.165) is 12.1 Å². The van der Waals surface area contributed by atoms with Crippen LogP contribution in [0.5, 0.6) is 0 Å². The molecule has 0 aliphatic carbocycles. The molecule has 0 fully saturated rings. The van der Waals surface area contributed by atoms with Crippen LogP contribution < -0.4 is 11.1 Å². The number of amides is 1. The van der Waals surface area contributed by atoms with Gasteiger partial charge in [-0.15, -0.1) is 0 Å². The van der Waals surface area contributed by atoms with E-state index in [-0.39, 0.29) is 11.3 Å². The molecular formula is C15H13FN2O3. The van der Waals surface area contributed by atoms with Gasteiger partial charge in [0, 0.05) is 0 Å². The second-order valence-electron chi connectivity index (χ2n) is 4.37. The molecule has 0 heterocycles. The Labute approximate surface area is 120 Å². The first-order valence-corrected chi connectivity index (χ1v) is 6.13. The summed E-state index contributed by atoms with van der Waals surface area (Å²) in [6, 6.07) is 10.8. The molecule has 0 bridgehead atoms.